The molecular formula is C18H23N3O4S. The van der Waals surface area contributed by atoms with E-state index in [0.29, 0.717) is 17.7 Å². The van der Waals surface area contributed by atoms with Gasteiger partial charge < -0.3 is 15.5 Å². The molecule has 0 aliphatic carbocycles. The van der Waals surface area contributed by atoms with Gasteiger partial charge in [0, 0.05) is 18.8 Å². The number of hydrogen-bond acceptors (Lipinski definition) is 4. The van der Waals surface area contributed by atoms with Crippen LogP contribution in [0.2, 0.25) is 0 Å². The van der Waals surface area contributed by atoms with Crippen molar-refractivity contribution in [3.63, 3.8) is 0 Å². The van der Waals surface area contributed by atoms with Crippen LogP contribution in [0.3, 0.4) is 0 Å². The lowest BCUT2D eigenvalue weighted by molar-refractivity contribution is -0.127. The van der Waals surface area contributed by atoms with Crippen LogP contribution in [-0.4, -0.2) is 55.9 Å². The van der Waals surface area contributed by atoms with Crippen LogP contribution in [0.1, 0.15) is 18.9 Å². The van der Waals surface area contributed by atoms with Crippen LogP contribution in [0.15, 0.2) is 41.6 Å². The molecule has 1 aromatic carbocycles. The van der Waals surface area contributed by atoms with Gasteiger partial charge in [-0.2, -0.15) is 0 Å². The zero-order valence-corrected chi connectivity index (χ0v) is 15.5. The molecule has 1 atom stereocenters. The second-order valence-electron chi connectivity index (χ2n) is 6.66. The Labute approximate surface area is 153 Å². The maximum Gasteiger partial charge on any atom is 0.319 e. The molecule has 0 spiro atoms. The van der Waals surface area contributed by atoms with Crippen molar-refractivity contribution in [2.45, 2.75) is 25.8 Å². The first-order valence-corrected chi connectivity index (χ1v) is 10.5. The molecule has 0 radical (unpaired) electrons. The highest BCUT2D eigenvalue weighted by Gasteiger charge is 2.34. The van der Waals surface area contributed by atoms with Gasteiger partial charge in [-0.3, -0.25) is 4.79 Å². The fraction of sp³-hybridized carbons (Fsp3) is 0.444. The van der Waals surface area contributed by atoms with Crippen LogP contribution < -0.4 is 10.6 Å². The normalized spacial score (nSPS) is 22.6. The van der Waals surface area contributed by atoms with E-state index in [9.17, 15) is 18.0 Å². The second kappa shape index (κ2) is 7.49. The fourth-order valence-corrected chi connectivity index (χ4v) is 4.53. The number of nitrogens with one attached hydrogen (secondary N) is 2. The summed E-state index contributed by atoms with van der Waals surface area (Å²) in [6.07, 6.45) is 1.33. The zero-order chi connectivity index (χ0) is 18.7. The number of sulfone groups is 1. The molecule has 1 unspecified atom stereocenters. The lowest BCUT2D eigenvalue weighted by atomic mass is 9.95. The predicted molar refractivity (Wildman–Crippen MR) is 98.2 cm³/mol. The quantitative estimate of drug-likeness (QED) is 0.812. The molecule has 1 aromatic rings. The van der Waals surface area contributed by atoms with Gasteiger partial charge in [-0.1, -0.05) is 30.3 Å². The van der Waals surface area contributed by atoms with E-state index in [4.69, 9.17) is 0 Å². The first kappa shape index (κ1) is 18.4. The number of amides is 3. The number of urea groups is 1. The number of nitrogens with zero attached hydrogens (tertiary/aromatic N) is 1. The van der Waals surface area contributed by atoms with Gasteiger partial charge in [0.25, 0.3) is 5.91 Å². The van der Waals surface area contributed by atoms with E-state index in [1.807, 2.05) is 30.3 Å². The molecule has 26 heavy (non-hydrogen) atoms. The monoisotopic (exact) mass is 377 g/mol. The third-order valence-corrected chi connectivity index (χ3v) is 6.39. The highest BCUT2D eigenvalue weighted by molar-refractivity contribution is 7.91. The number of hydrogen-bond donors (Lipinski definition) is 2. The third-order valence-electron chi connectivity index (χ3n) is 4.79. The highest BCUT2D eigenvalue weighted by Crippen LogP contribution is 2.21. The second-order valence-corrected chi connectivity index (χ2v) is 8.96. The summed E-state index contributed by atoms with van der Waals surface area (Å²) < 4.78 is 23.2. The fourth-order valence-electron chi connectivity index (χ4n) is 3.33. The molecule has 2 N–H and O–H groups in total. The first-order chi connectivity index (χ1) is 12.4. The maximum absolute atomic E-state index is 13.0. The summed E-state index contributed by atoms with van der Waals surface area (Å²) in [4.78, 5) is 26.4. The van der Waals surface area contributed by atoms with E-state index < -0.39 is 15.9 Å². The zero-order valence-electron chi connectivity index (χ0n) is 14.7. The molecule has 3 amide bonds. The standard InChI is InChI=1S/C18H23N3O4S/c1-13-16(17(22)21-9-11-26(24,25)12-10-21)15(20-18(23)19-13)8-7-14-5-3-2-4-6-14/h2-6,15H,7-12H2,1H3,(H2,19,20,23). The third kappa shape index (κ3) is 4.24. The smallest absolute Gasteiger partial charge is 0.319 e. The number of benzene rings is 1. The van der Waals surface area contributed by atoms with Crippen molar-refractivity contribution in [3.05, 3.63) is 47.2 Å². The molecule has 140 valence electrons. The Kier molecular flexibility index (Phi) is 5.31. The van der Waals surface area contributed by atoms with Gasteiger partial charge in [-0.25, -0.2) is 13.2 Å². The highest BCUT2D eigenvalue weighted by atomic mass is 32.2. The Morgan fingerprint density at radius 2 is 1.85 bits per heavy atom. The minimum absolute atomic E-state index is 0.0143. The largest absolute Gasteiger partial charge is 0.337 e. The van der Waals surface area contributed by atoms with Gasteiger partial charge in [-0.15, -0.1) is 0 Å². The summed E-state index contributed by atoms with van der Waals surface area (Å²) in [5.74, 6) is -0.234. The number of carbonyl (C=O) groups is 2. The van der Waals surface area contributed by atoms with Gasteiger partial charge in [0.2, 0.25) is 0 Å². The molecule has 2 aliphatic heterocycles. The summed E-state index contributed by atoms with van der Waals surface area (Å²) in [7, 11) is -3.06. The van der Waals surface area contributed by atoms with Crippen LogP contribution in [0.4, 0.5) is 4.79 Å². The molecule has 2 heterocycles. The van der Waals surface area contributed by atoms with Crippen LogP contribution >= 0.6 is 0 Å². The Hall–Kier alpha value is -2.35. The molecule has 0 bridgehead atoms. The molecule has 8 heteroatoms. The summed E-state index contributed by atoms with van der Waals surface area (Å²) in [5, 5.41) is 5.49. The SMILES string of the molecule is CC1=C(C(=O)N2CCS(=O)(=O)CC2)C(CCc2ccccc2)NC(=O)N1. The molecule has 1 saturated heterocycles. The van der Waals surface area contributed by atoms with Crippen molar-refractivity contribution in [3.8, 4) is 0 Å². The Morgan fingerprint density at radius 1 is 1.19 bits per heavy atom. The molecule has 3 rings (SSSR count). The summed E-state index contributed by atoms with van der Waals surface area (Å²) in [5.41, 5.74) is 2.18. The van der Waals surface area contributed by atoms with Gasteiger partial charge in [0.1, 0.15) is 0 Å². The number of allylic oxidation sites excluding steroid dienone is 1. The molecule has 2 aliphatic rings. The van der Waals surface area contributed by atoms with E-state index in [-0.39, 0.29) is 36.5 Å². The molecule has 1 fully saturated rings. The van der Waals surface area contributed by atoms with Gasteiger partial charge in [-0.05, 0) is 25.3 Å². The summed E-state index contributed by atoms with van der Waals surface area (Å²) >= 11 is 0. The van der Waals surface area contributed by atoms with Crippen molar-refractivity contribution < 1.29 is 18.0 Å². The molecular weight excluding hydrogens is 354 g/mol. The van der Waals surface area contributed by atoms with Gasteiger partial charge in [0.05, 0.1) is 23.1 Å². The topological polar surface area (TPSA) is 95.6 Å². The van der Waals surface area contributed by atoms with Crippen molar-refractivity contribution in [1.82, 2.24) is 15.5 Å². The van der Waals surface area contributed by atoms with Gasteiger partial charge >= 0.3 is 6.03 Å². The average molecular weight is 377 g/mol. The predicted octanol–water partition coefficient (Wildman–Crippen LogP) is 0.832. The minimum atomic E-state index is -3.06. The van der Waals surface area contributed by atoms with Crippen molar-refractivity contribution >= 4 is 21.8 Å². The van der Waals surface area contributed by atoms with E-state index in [0.717, 1.165) is 12.0 Å². The van der Waals surface area contributed by atoms with Crippen molar-refractivity contribution in [2.75, 3.05) is 24.6 Å². The van der Waals surface area contributed by atoms with E-state index in [2.05, 4.69) is 10.6 Å². The van der Waals surface area contributed by atoms with Crippen LogP contribution in [0.25, 0.3) is 0 Å². The number of rotatable bonds is 4. The Balaban J connectivity index is 1.76. The van der Waals surface area contributed by atoms with Crippen LogP contribution in [0.5, 0.6) is 0 Å². The Morgan fingerprint density at radius 3 is 2.50 bits per heavy atom. The average Bonchev–Trinajstić information content (AvgIpc) is 2.60. The minimum Gasteiger partial charge on any atom is -0.337 e. The lowest BCUT2D eigenvalue weighted by Gasteiger charge is -2.33. The van der Waals surface area contributed by atoms with Crippen molar-refractivity contribution in [2.24, 2.45) is 0 Å². The van der Waals surface area contributed by atoms with E-state index in [1.54, 1.807) is 11.8 Å². The molecule has 0 saturated carbocycles. The molecule has 7 nitrogen and oxygen atoms in total. The number of carbonyl (C=O) groups excluding carboxylic acids is 2. The van der Waals surface area contributed by atoms with Crippen molar-refractivity contribution in [1.29, 1.82) is 0 Å². The summed E-state index contributed by atoms with van der Waals surface area (Å²) in [6, 6.07) is 9.16. The van der Waals surface area contributed by atoms with Crippen LogP contribution in [0, 0.1) is 0 Å². The van der Waals surface area contributed by atoms with Gasteiger partial charge in [0.15, 0.2) is 9.84 Å². The Bertz CT molecular complexity index is 819. The lowest BCUT2D eigenvalue weighted by Crippen LogP contribution is -2.53. The summed E-state index contributed by atoms with van der Waals surface area (Å²) in [6.45, 7) is 2.09. The van der Waals surface area contributed by atoms with E-state index >= 15 is 0 Å². The first-order valence-electron chi connectivity index (χ1n) is 8.67. The van der Waals surface area contributed by atoms with Crippen LogP contribution in [-0.2, 0) is 21.1 Å². The maximum atomic E-state index is 13.0. The number of aryl methyl sites for hydroxylation is 1. The molecule has 0 aromatic heterocycles. The van der Waals surface area contributed by atoms with E-state index in [1.165, 1.54) is 0 Å².